The number of carbonyl (C=O) groups is 2. The maximum Gasteiger partial charge on any atom is 0.227 e. The average Bonchev–Trinajstić information content (AvgIpc) is 3.12. The van der Waals surface area contributed by atoms with E-state index in [1.165, 1.54) is 0 Å². The molecule has 0 radical (unpaired) electrons. The number of Topliss-reactive ketones (excluding diaryl/α,β-unsaturated/α-hetero) is 1. The van der Waals surface area contributed by atoms with Crippen LogP contribution in [0.3, 0.4) is 0 Å². The number of aryl methyl sites for hydroxylation is 1. The summed E-state index contributed by atoms with van der Waals surface area (Å²) < 4.78 is 5.14. The molecule has 0 saturated carbocycles. The molecule has 0 bridgehead atoms. The predicted octanol–water partition coefficient (Wildman–Crippen LogP) is 3.42. The molecular formula is C21H23NO3. The van der Waals surface area contributed by atoms with E-state index in [0.717, 1.165) is 29.7 Å². The molecule has 25 heavy (non-hydrogen) atoms. The topological polar surface area (TPSA) is 46.6 Å². The summed E-state index contributed by atoms with van der Waals surface area (Å²) in [4.78, 5) is 27.3. The highest BCUT2D eigenvalue weighted by atomic mass is 16.5. The number of ketones is 1. The molecule has 1 fully saturated rings. The number of amides is 1. The molecule has 2 aromatic carbocycles. The zero-order valence-corrected chi connectivity index (χ0v) is 14.7. The molecule has 130 valence electrons. The minimum absolute atomic E-state index is 0.00753. The van der Waals surface area contributed by atoms with Gasteiger partial charge < -0.3 is 9.64 Å². The van der Waals surface area contributed by atoms with Crippen molar-refractivity contribution in [3.8, 4) is 5.75 Å². The summed E-state index contributed by atoms with van der Waals surface area (Å²) in [5, 5.41) is 0. The Morgan fingerprint density at radius 1 is 1.08 bits per heavy atom. The normalized spacial score (nSPS) is 16.7. The van der Waals surface area contributed by atoms with Crippen molar-refractivity contribution in [2.24, 2.45) is 0 Å². The summed E-state index contributed by atoms with van der Waals surface area (Å²) in [5.74, 6) is 0.818. The van der Waals surface area contributed by atoms with E-state index in [9.17, 15) is 9.59 Å². The van der Waals surface area contributed by atoms with Gasteiger partial charge in [0.15, 0.2) is 5.78 Å². The Bertz CT molecular complexity index is 750. The van der Waals surface area contributed by atoms with Crippen molar-refractivity contribution in [1.29, 1.82) is 0 Å². The van der Waals surface area contributed by atoms with E-state index in [0.29, 0.717) is 18.5 Å². The Labute approximate surface area is 148 Å². The van der Waals surface area contributed by atoms with Crippen LogP contribution in [0.15, 0.2) is 48.5 Å². The first-order valence-corrected chi connectivity index (χ1v) is 8.62. The third-order valence-corrected chi connectivity index (χ3v) is 4.73. The fraction of sp³-hybridized carbons (Fsp3) is 0.333. The Hall–Kier alpha value is -2.62. The van der Waals surface area contributed by atoms with E-state index >= 15 is 0 Å². The van der Waals surface area contributed by atoms with E-state index in [1.807, 2.05) is 55.5 Å². The first-order chi connectivity index (χ1) is 12.1. The van der Waals surface area contributed by atoms with Crippen LogP contribution in [0.2, 0.25) is 0 Å². The SMILES string of the molecule is COc1ccc(CC(=O)N2CCCC2C(=O)c2ccc(C)cc2)cc1. The lowest BCUT2D eigenvalue weighted by atomic mass is 10.0. The van der Waals surface area contributed by atoms with Crippen LogP contribution in [0, 0.1) is 6.92 Å². The van der Waals surface area contributed by atoms with Gasteiger partial charge in [-0.25, -0.2) is 0 Å². The zero-order valence-electron chi connectivity index (χ0n) is 14.7. The third-order valence-electron chi connectivity index (χ3n) is 4.73. The average molecular weight is 337 g/mol. The minimum atomic E-state index is -0.339. The van der Waals surface area contributed by atoms with Crippen LogP contribution >= 0.6 is 0 Å². The van der Waals surface area contributed by atoms with Crippen LogP contribution < -0.4 is 4.74 Å². The number of benzene rings is 2. The number of methoxy groups -OCH3 is 1. The molecule has 0 spiro atoms. The van der Waals surface area contributed by atoms with E-state index in [4.69, 9.17) is 4.74 Å². The largest absolute Gasteiger partial charge is 0.497 e. The number of hydrogen-bond donors (Lipinski definition) is 0. The number of hydrogen-bond acceptors (Lipinski definition) is 3. The summed E-state index contributed by atoms with van der Waals surface area (Å²) in [6.07, 6.45) is 1.92. The fourth-order valence-electron chi connectivity index (χ4n) is 3.27. The van der Waals surface area contributed by atoms with Gasteiger partial charge in [-0.05, 0) is 37.5 Å². The van der Waals surface area contributed by atoms with Crippen LogP contribution in [0.5, 0.6) is 5.75 Å². The highest BCUT2D eigenvalue weighted by Gasteiger charge is 2.34. The monoisotopic (exact) mass is 337 g/mol. The maximum atomic E-state index is 12.8. The summed E-state index contributed by atoms with van der Waals surface area (Å²) in [6.45, 7) is 2.64. The van der Waals surface area contributed by atoms with Crippen LogP contribution in [0.25, 0.3) is 0 Å². The number of ether oxygens (including phenoxy) is 1. The molecule has 0 aliphatic carbocycles. The Balaban J connectivity index is 1.70. The second-order valence-electron chi connectivity index (χ2n) is 6.50. The van der Waals surface area contributed by atoms with Gasteiger partial charge in [0, 0.05) is 12.1 Å². The van der Waals surface area contributed by atoms with Crippen LogP contribution in [0.4, 0.5) is 0 Å². The summed E-state index contributed by atoms with van der Waals surface area (Å²) in [7, 11) is 1.62. The van der Waals surface area contributed by atoms with Gasteiger partial charge in [0.1, 0.15) is 5.75 Å². The molecule has 0 N–H and O–H groups in total. The van der Waals surface area contributed by atoms with Crippen LogP contribution in [-0.2, 0) is 11.2 Å². The predicted molar refractivity (Wildman–Crippen MR) is 96.9 cm³/mol. The van der Waals surface area contributed by atoms with Crippen molar-refractivity contribution in [2.75, 3.05) is 13.7 Å². The van der Waals surface area contributed by atoms with Gasteiger partial charge >= 0.3 is 0 Å². The fourth-order valence-corrected chi connectivity index (χ4v) is 3.27. The van der Waals surface area contributed by atoms with Crippen molar-refractivity contribution in [1.82, 2.24) is 4.90 Å². The van der Waals surface area contributed by atoms with Gasteiger partial charge in [-0.1, -0.05) is 42.0 Å². The molecule has 2 aromatic rings. The minimum Gasteiger partial charge on any atom is -0.497 e. The van der Waals surface area contributed by atoms with Gasteiger partial charge in [-0.2, -0.15) is 0 Å². The highest BCUT2D eigenvalue weighted by molar-refractivity contribution is 6.02. The van der Waals surface area contributed by atoms with Gasteiger partial charge in [-0.15, -0.1) is 0 Å². The van der Waals surface area contributed by atoms with Gasteiger partial charge in [0.05, 0.1) is 19.6 Å². The van der Waals surface area contributed by atoms with E-state index in [-0.39, 0.29) is 17.7 Å². The molecule has 1 atom stereocenters. The molecule has 4 heteroatoms. The van der Waals surface area contributed by atoms with Crippen molar-refractivity contribution < 1.29 is 14.3 Å². The Morgan fingerprint density at radius 2 is 1.76 bits per heavy atom. The van der Waals surface area contributed by atoms with Crippen molar-refractivity contribution in [2.45, 2.75) is 32.2 Å². The van der Waals surface area contributed by atoms with E-state index < -0.39 is 0 Å². The number of nitrogens with zero attached hydrogens (tertiary/aromatic N) is 1. The van der Waals surface area contributed by atoms with Gasteiger partial charge in [-0.3, -0.25) is 9.59 Å². The molecule has 0 aromatic heterocycles. The molecule has 1 heterocycles. The van der Waals surface area contributed by atoms with E-state index in [2.05, 4.69) is 0 Å². The van der Waals surface area contributed by atoms with Gasteiger partial charge in [0.25, 0.3) is 0 Å². The zero-order chi connectivity index (χ0) is 17.8. The molecule has 1 unspecified atom stereocenters. The van der Waals surface area contributed by atoms with E-state index in [1.54, 1.807) is 12.0 Å². The summed E-state index contributed by atoms with van der Waals surface area (Å²) in [5.41, 5.74) is 2.73. The molecule has 4 nitrogen and oxygen atoms in total. The number of carbonyl (C=O) groups excluding carboxylic acids is 2. The lowest BCUT2D eigenvalue weighted by Gasteiger charge is -2.24. The summed E-state index contributed by atoms with van der Waals surface area (Å²) in [6, 6.07) is 14.7. The molecule has 3 rings (SSSR count). The van der Waals surface area contributed by atoms with Gasteiger partial charge in [0.2, 0.25) is 5.91 Å². The van der Waals surface area contributed by atoms with Crippen molar-refractivity contribution in [3.63, 3.8) is 0 Å². The first kappa shape index (κ1) is 17.2. The smallest absolute Gasteiger partial charge is 0.227 e. The molecule has 1 saturated heterocycles. The van der Waals surface area contributed by atoms with Crippen LogP contribution in [-0.4, -0.2) is 36.3 Å². The maximum absolute atomic E-state index is 12.8. The number of rotatable bonds is 5. The number of likely N-dealkylation sites (tertiary alicyclic amines) is 1. The Morgan fingerprint density at radius 3 is 2.40 bits per heavy atom. The standard InChI is InChI=1S/C21H23NO3/c1-15-5-9-17(10-6-15)21(24)19-4-3-13-22(19)20(23)14-16-7-11-18(25-2)12-8-16/h5-12,19H,3-4,13-14H2,1-2H3. The molecular weight excluding hydrogens is 314 g/mol. The lowest BCUT2D eigenvalue weighted by molar-refractivity contribution is -0.130. The first-order valence-electron chi connectivity index (χ1n) is 8.62. The summed E-state index contributed by atoms with van der Waals surface area (Å²) >= 11 is 0. The quantitative estimate of drug-likeness (QED) is 0.786. The Kier molecular flexibility index (Phi) is 5.17. The molecule has 1 aliphatic heterocycles. The third kappa shape index (κ3) is 3.90. The second kappa shape index (κ2) is 7.51. The van der Waals surface area contributed by atoms with Crippen molar-refractivity contribution in [3.05, 3.63) is 65.2 Å². The molecule has 1 aliphatic rings. The van der Waals surface area contributed by atoms with Crippen molar-refractivity contribution >= 4 is 11.7 Å². The highest BCUT2D eigenvalue weighted by Crippen LogP contribution is 2.23. The van der Waals surface area contributed by atoms with Crippen LogP contribution in [0.1, 0.15) is 34.3 Å². The molecule has 1 amide bonds. The second-order valence-corrected chi connectivity index (χ2v) is 6.50. The lowest BCUT2D eigenvalue weighted by Crippen LogP contribution is -2.41.